The first-order chi connectivity index (χ1) is 7.66. The minimum atomic E-state index is 0.459. The molecule has 0 aliphatic heterocycles. The summed E-state index contributed by atoms with van der Waals surface area (Å²) in [6.07, 6.45) is 3.64. The van der Waals surface area contributed by atoms with Crippen molar-refractivity contribution in [1.82, 2.24) is 9.97 Å². The zero-order chi connectivity index (χ0) is 11.5. The molecule has 0 bridgehead atoms. The first kappa shape index (κ1) is 10.8. The lowest BCUT2D eigenvalue weighted by Gasteiger charge is -2.09. The molecule has 16 heavy (non-hydrogen) atoms. The summed E-state index contributed by atoms with van der Waals surface area (Å²) in [5.41, 5.74) is 4.63. The van der Waals surface area contributed by atoms with Crippen LogP contribution in [-0.2, 0) is 0 Å². The largest absolute Gasteiger partial charge is 0.265 e. The third-order valence-corrected chi connectivity index (χ3v) is 2.58. The molecule has 0 saturated heterocycles. The van der Waals surface area contributed by atoms with Crippen molar-refractivity contribution in [2.24, 2.45) is 0 Å². The van der Waals surface area contributed by atoms with Crippen molar-refractivity contribution in [3.63, 3.8) is 0 Å². The maximum Gasteiger partial charge on any atom is 0.0438 e. The second kappa shape index (κ2) is 4.44. The smallest absolute Gasteiger partial charge is 0.0438 e. The number of hydrogen-bond acceptors (Lipinski definition) is 2. The van der Waals surface area contributed by atoms with Gasteiger partial charge in [0.1, 0.15) is 0 Å². The summed E-state index contributed by atoms with van der Waals surface area (Å²) in [5, 5.41) is 0. The van der Waals surface area contributed by atoms with Crippen molar-refractivity contribution in [3.05, 3.63) is 48.0 Å². The first-order valence-electron chi connectivity index (χ1n) is 5.56. The van der Waals surface area contributed by atoms with E-state index >= 15 is 0 Å². The second-order valence-electron chi connectivity index (χ2n) is 4.31. The molecule has 2 aromatic heterocycles. The monoisotopic (exact) mass is 212 g/mol. The molecule has 0 atom stereocenters. The van der Waals surface area contributed by atoms with Crippen LogP contribution in [0.25, 0.3) is 11.1 Å². The van der Waals surface area contributed by atoms with Gasteiger partial charge in [0.15, 0.2) is 0 Å². The van der Waals surface area contributed by atoms with Crippen molar-refractivity contribution < 1.29 is 0 Å². The van der Waals surface area contributed by atoms with Crippen LogP contribution in [0.2, 0.25) is 0 Å². The van der Waals surface area contributed by atoms with Crippen LogP contribution in [0.5, 0.6) is 0 Å². The molecule has 0 saturated carbocycles. The highest BCUT2D eigenvalue weighted by molar-refractivity contribution is 5.63. The molecule has 2 aromatic rings. The number of rotatable bonds is 2. The molecule has 0 fully saturated rings. The fourth-order valence-corrected chi connectivity index (χ4v) is 1.70. The Hall–Kier alpha value is -1.70. The first-order valence-corrected chi connectivity index (χ1v) is 5.56. The van der Waals surface area contributed by atoms with Gasteiger partial charge in [0.25, 0.3) is 0 Å². The summed E-state index contributed by atoms with van der Waals surface area (Å²) >= 11 is 0. The van der Waals surface area contributed by atoms with Crippen LogP contribution in [-0.4, -0.2) is 9.97 Å². The van der Waals surface area contributed by atoms with Gasteiger partial charge in [-0.15, -0.1) is 0 Å². The van der Waals surface area contributed by atoms with E-state index in [2.05, 4.69) is 35.9 Å². The molecule has 0 unspecified atom stereocenters. The van der Waals surface area contributed by atoms with Gasteiger partial charge in [0, 0.05) is 23.8 Å². The fraction of sp³-hybridized carbons (Fsp3) is 0.286. The number of aryl methyl sites for hydroxylation is 1. The summed E-state index contributed by atoms with van der Waals surface area (Å²) in [4.78, 5) is 8.58. The molecule has 2 heterocycles. The highest BCUT2D eigenvalue weighted by Crippen LogP contribution is 2.23. The average molecular weight is 212 g/mol. The lowest BCUT2D eigenvalue weighted by atomic mass is 10.0. The van der Waals surface area contributed by atoms with E-state index in [0.717, 1.165) is 11.4 Å². The highest BCUT2D eigenvalue weighted by Gasteiger charge is 2.05. The lowest BCUT2D eigenvalue weighted by molar-refractivity contribution is 0.816. The molecule has 2 heteroatoms. The summed E-state index contributed by atoms with van der Waals surface area (Å²) in [6.45, 7) is 6.37. The Balaban J connectivity index is 2.50. The van der Waals surface area contributed by atoms with Crippen molar-refractivity contribution in [2.75, 3.05) is 0 Å². The zero-order valence-corrected chi connectivity index (χ0v) is 9.94. The zero-order valence-electron chi connectivity index (χ0n) is 9.94. The van der Waals surface area contributed by atoms with Gasteiger partial charge in [0.05, 0.1) is 0 Å². The van der Waals surface area contributed by atoms with E-state index < -0.39 is 0 Å². The molecule has 2 rings (SSSR count). The van der Waals surface area contributed by atoms with E-state index in [4.69, 9.17) is 0 Å². The lowest BCUT2D eigenvalue weighted by Crippen LogP contribution is -1.95. The molecule has 0 spiro atoms. The van der Waals surface area contributed by atoms with Gasteiger partial charge in [-0.25, -0.2) is 0 Å². The SMILES string of the molecule is Cc1cc(-c2ccncc2)cc(C(C)C)n1. The summed E-state index contributed by atoms with van der Waals surface area (Å²) in [7, 11) is 0. The molecule has 0 N–H and O–H groups in total. The summed E-state index contributed by atoms with van der Waals surface area (Å²) < 4.78 is 0. The van der Waals surface area contributed by atoms with E-state index in [9.17, 15) is 0 Å². The number of hydrogen-bond donors (Lipinski definition) is 0. The molecule has 0 aromatic carbocycles. The van der Waals surface area contributed by atoms with E-state index in [-0.39, 0.29) is 0 Å². The van der Waals surface area contributed by atoms with Crippen LogP contribution < -0.4 is 0 Å². The van der Waals surface area contributed by atoms with Crippen LogP contribution in [0, 0.1) is 6.92 Å². The second-order valence-corrected chi connectivity index (χ2v) is 4.31. The van der Waals surface area contributed by atoms with E-state index in [1.807, 2.05) is 31.5 Å². The predicted molar refractivity (Wildman–Crippen MR) is 66.3 cm³/mol. The Bertz CT molecular complexity index is 475. The van der Waals surface area contributed by atoms with E-state index in [0.29, 0.717) is 5.92 Å². The summed E-state index contributed by atoms with van der Waals surface area (Å²) in [6, 6.07) is 8.33. The topological polar surface area (TPSA) is 25.8 Å². The predicted octanol–water partition coefficient (Wildman–Crippen LogP) is 3.58. The van der Waals surface area contributed by atoms with Crippen molar-refractivity contribution in [2.45, 2.75) is 26.7 Å². The molecule has 0 aliphatic carbocycles. The fourth-order valence-electron chi connectivity index (χ4n) is 1.70. The summed E-state index contributed by atoms with van der Waals surface area (Å²) in [5.74, 6) is 0.459. The third-order valence-electron chi connectivity index (χ3n) is 2.58. The van der Waals surface area contributed by atoms with Crippen LogP contribution in [0.15, 0.2) is 36.7 Å². The highest BCUT2D eigenvalue weighted by atomic mass is 14.7. The van der Waals surface area contributed by atoms with Gasteiger partial charge >= 0.3 is 0 Å². The standard InChI is InChI=1S/C14H16N2/c1-10(2)14-9-13(8-11(3)16-14)12-4-6-15-7-5-12/h4-10H,1-3H3. The van der Waals surface area contributed by atoms with Gasteiger partial charge in [0.2, 0.25) is 0 Å². The van der Waals surface area contributed by atoms with Crippen LogP contribution in [0.3, 0.4) is 0 Å². The van der Waals surface area contributed by atoms with Crippen LogP contribution in [0.1, 0.15) is 31.2 Å². The van der Waals surface area contributed by atoms with Crippen molar-refractivity contribution in [3.8, 4) is 11.1 Å². The van der Waals surface area contributed by atoms with Gasteiger partial charge < -0.3 is 0 Å². The Labute approximate surface area is 96.4 Å². The van der Waals surface area contributed by atoms with E-state index in [1.165, 1.54) is 11.1 Å². The quantitative estimate of drug-likeness (QED) is 0.760. The molecule has 2 nitrogen and oxygen atoms in total. The third kappa shape index (κ3) is 2.27. The Morgan fingerprint density at radius 2 is 1.69 bits per heavy atom. The molecule has 82 valence electrons. The molecular weight excluding hydrogens is 196 g/mol. The number of pyridine rings is 2. The van der Waals surface area contributed by atoms with Gasteiger partial charge in [-0.2, -0.15) is 0 Å². The average Bonchev–Trinajstić information content (AvgIpc) is 2.29. The molecular formula is C14H16N2. The maximum atomic E-state index is 4.54. The Morgan fingerprint density at radius 1 is 1.00 bits per heavy atom. The molecule has 0 amide bonds. The minimum Gasteiger partial charge on any atom is -0.265 e. The number of nitrogens with zero attached hydrogens (tertiary/aromatic N) is 2. The van der Waals surface area contributed by atoms with Crippen molar-refractivity contribution >= 4 is 0 Å². The van der Waals surface area contributed by atoms with Gasteiger partial charge in [-0.1, -0.05) is 13.8 Å². The van der Waals surface area contributed by atoms with E-state index in [1.54, 1.807) is 0 Å². The van der Waals surface area contributed by atoms with Crippen LogP contribution >= 0.6 is 0 Å². The molecule has 0 aliphatic rings. The Morgan fingerprint density at radius 3 is 2.31 bits per heavy atom. The van der Waals surface area contributed by atoms with Crippen LogP contribution in [0.4, 0.5) is 0 Å². The van der Waals surface area contributed by atoms with Gasteiger partial charge in [-0.05, 0) is 48.2 Å². The van der Waals surface area contributed by atoms with Gasteiger partial charge in [-0.3, -0.25) is 9.97 Å². The maximum absolute atomic E-state index is 4.54. The number of aromatic nitrogens is 2. The minimum absolute atomic E-state index is 0.459. The molecule has 0 radical (unpaired) electrons. The van der Waals surface area contributed by atoms with Crippen molar-refractivity contribution in [1.29, 1.82) is 0 Å². The normalized spacial score (nSPS) is 10.8. The Kier molecular flexibility index (Phi) is 3.00.